The molecule has 0 spiro atoms. The summed E-state index contributed by atoms with van der Waals surface area (Å²) >= 11 is 1.87. The second-order valence-electron chi connectivity index (χ2n) is 11.7. The second kappa shape index (κ2) is 10.3. The number of aryl methyl sites for hydroxylation is 2. The second-order valence-corrected chi connectivity index (χ2v) is 12.9. The van der Waals surface area contributed by atoms with Crippen LogP contribution >= 0.6 is 11.3 Å². The molecule has 7 nitrogen and oxygen atoms in total. The maximum Gasteiger partial charge on any atom is 0.255 e. The summed E-state index contributed by atoms with van der Waals surface area (Å²) in [5, 5.41) is 0. The third-order valence-corrected chi connectivity index (χ3v) is 10.6. The Bertz CT molecular complexity index is 1220. The Morgan fingerprint density at radius 2 is 1.81 bits per heavy atom. The number of carbonyl (C=O) groups is 1. The van der Waals surface area contributed by atoms with Gasteiger partial charge in [-0.25, -0.2) is 0 Å². The van der Waals surface area contributed by atoms with Gasteiger partial charge in [0.1, 0.15) is 0 Å². The zero-order chi connectivity index (χ0) is 25.7. The molecule has 0 atom stereocenters. The minimum Gasteiger partial charge on any atom is -0.365 e. The summed E-state index contributed by atoms with van der Waals surface area (Å²) in [5.74, 6) is 0.819. The number of nitrogens with one attached hydrogen (secondary N) is 1. The molecule has 6 rings (SSSR count). The summed E-state index contributed by atoms with van der Waals surface area (Å²) in [6, 6.07) is 3.44. The lowest BCUT2D eigenvalue weighted by molar-refractivity contribution is -0.0165. The lowest BCUT2D eigenvalue weighted by atomic mass is 9.81. The van der Waals surface area contributed by atoms with Crippen LogP contribution < -0.4 is 5.56 Å². The molecule has 4 aliphatic rings. The van der Waals surface area contributed by atoms with Crippen LogP contribution in [-0.2, 0) is 24.1 Å². The topological polar surface area (TPSA) is 68.9 Å². The Labute approximate surface area is 223 Å². The van der Waals surface area contributed by atoms with E-state index in [-0.39, 0.29) is 11.5 Å². The Hall–Kier alpha value is -2.00. The van der Waals surface area contributed by atoms with Gasteiger partial charge in [-0.15, -0.1) is 11.3 Å². The molecule has 0 unspecified atom stereocenters. The van der Waals surface area contributed by atoms with Crippen LogP contribution in [-0.4, -0.2) is 77.2 Å². The molecular formula is C29H40N4O3S. The minimum absolute atomic E-state index is 0.0757. The number of hydrogen-bond donors (Lipinski definition) is 1. The lowest BCUT2D eigenvalue weighted by Gasteiger charge is -2.49. The summed E-state index contributed by atoms with van der Waals surface area (Å²) in [6.45, 7) is 12.3. The Morgan fingerprint density at radius 3 is 2.51 bits per heavy atom. The van der Waals surface area contributed by atoms with Gasteiger partial charge in [0, 0.05) is 65.7 Å². The van der Waals surface area contributed by atoms with E-state index < -0.39 is 0 Å². The third-order valence-electron chi connectivity index (χ3n) is 9.26. The molecule has 2 saturated heterocycles. The van der Waals surface area contributed by atoms with Crippen LogP contribution in [0.5, 0.6) is 0 Å². The average molecular weight is 525 g/mol. The van der Waals surface area contributed by atoms with Crippen molar-refractivity contribution in [3.05, 3.63) is 54.1 Å². The van der Waals surface area contributed by atoms with Crippen LogP contribution in [0.25, 0.3) is 0 Å². The van der Waals surface area contributed by atoms with Crippen molar-refractivity contribution in [1.82, 2.24) is 19.7 Å². The van der Waals surface area contributed by atoms with Crippen molar-refractivity contribution in [2.45, 2.75) is 77.9 Å². The highest BCUT2D eigenvalue weighted by atomic mass is 32.1. The molecule has 0 bridgehead atoms. The number of rotatable bonds is 6. The number of fused-ring (bicyclic) bond motifs is 1. The van der Waals surface area contributed by atoms with E-state index in [1.54, 1.807) is 0 Å². The van der Waals surface area contributed by atoms with E-state index in [0.29, 0.717) is 24.7 Å². The fourth-order valence-corrected chi connectivity index (χ4v) is 8.31. The van der Waals surface area contributed by atoms with Gasteiger partial charge in [0.2, 0.25) is 0 Å². The number of amides is 1. The molecule has 1 amide bonds. The van der Waals surface area contributed by atoms with Crippen molar-refractivity contribution in [3.8, 4) is 0 Å². The summed E-state index contributed by atoms with van der Waals surface area (Å²) in [4.78, 5) is 38.7. The van der Waals surface area contributed by atoms with Gasteiger partial charge in [0.15, 0.2) is 0 Å². The summed E-state index contributed by atoms with van der Waals surface area (Å²) in [7, 11) is 0. The van der Waals surface area contributed by atoms with Crippen molar-refractivity contribution in [2.75, 3.05) is 39.5 Å². The van der Waals surface area contributed by atoms with E-state index in [0.717, 1.165) is 61.5 Å². The van der Waals surface area contributed by atoms with E-state index in [2.05, 4.69) is 21.7 Å². The fraction of sp³-hybridized carbons (Fsp3) is 0.655. The molecule has 200 valence electrons. The Kier molecular flexibility index (Phi) is 7.03. The van der Waals surface area contributed by atoms with Crippen molar-refractivity contribution in [2.24, 2.45) is 5.92 Å². The van der Waals surface area contributed by atoms with Crippen molar-refractivity contribution in [1.29, 1.82) is 0 Å². The summed E-state index contributed by atoms with van der Waals surface area (Å²) in [5.41, 5.74) is 4.54. The minimum atomic E-state index is -0.0757. The standard InChI is InChI=1S/C29H40N4O3S/c1-18-12-19(2)30-28(34)24(18)16-31-9-8-25-27(29(31)35)20(3)26(37-25)13-21-4-6-22(7-5-21)33-14-23(15-33)32-10-11-36-17-32/h12,21-23H,4-11,13-17H2,1-3H3,(H,30,34). The molecule has 0 aromatic carbocycles. The van der Waals surface area contributed by atoms with Crippen molar-refractivity contribution >= 4 is 17.2 Å². The van der Waals surface area contributed by atoms with Gasteiger partial charge in [-0.05, 0) is 76.0 Å². The summed E-state index contributed by atoms with van der Waals surface area (Å²) in [6.07, 6.45) is 7.17. The molecule has 3 fully saturated rings. The Balaban J connectivity index is 1.05. The van der Waals surface area contributed by atoms with E-state index in [1.807, 2.05) is 36.2 Å². The molecule has 1 N–H and O–H groups in total. The normalized spacial score (nSPS) is 25.5. The zero-order valence-electron chi connectivity index (χ0n) is 22.5. The smallest absolute Gasteiger partial charge is 0.255 e. The first kappa shape index (κ1) is 25.3. The number of thiophene rings is 1. The van der Waals surface area contributed by atoms with E-state index in [4.69, 9.17) is 4.74 Å². The average Bonchev–Trinajstić information content (AvgIpc) is 3.46. The monoisotopic (exact) mass is 524 g/mol. The SMILES string of the molecule is Cc1cc(C)c(CN2CCc3sc(CC4CCC(N5CC(N6CCOC6)C5)CC4)c(C)c3C2=O)c(=O)[nH]1. The number of ether oxygens (including phenoxy) is 1. The lowest BCUT2D eigenvalue weighted by Crippen LogP contribution is -2.62. The molecule has 1 saturated carbocycles. The fourth-order valence-electron chi connectivity index (χ4n) is 6.90. The van der Waals surface area contributed by atoms with E-state index in [9.17, 15) is 9.59 Å². The number of aromatic amines is 1. The maximum absolute atomic E-state index is 13.5. The number of H-pyrrole nitrogens is 1. The van der Waals surface area contributed by atoms with Crippen molar-refractivity contribution < 1.29 is 9.53 Å². The molecule has 2 aromatic rings. The zero-order valence-corrected chi connectivity index (χ0v) is 23.3. The predicted octanol–water partition coefficient (Wildman–Crippen LogP) is 3.64. The van der Waals surface area contributed by atoms with Crippen LogP contribution in [0.15, 0.2) is 10.9 Å². The van der Waals surface area contributed by atoms with Crippen LogP contribution in [0.2, 0.25) is 0 Å². The number of carbonyl (C=O) groups excluding carboxylic acids is 1. The molecular weight excluding hydrogens is 484 g/mol. The van der Waals surface area contributed by atoms with Gasteiger partial charge >= 0.3 is 0 Å². The van der Waals surface area contributed by atoms with Crippen LogP contribution in [0.4, 0.5) is 0 Å². The van der Waals surface area contributed by atoms with Gasteiger partial charge in [-0.2, -0.15) is 0 Å². The number of likely N-dealkylation sites (tertiary alicyclic amines) is 1. The maximum atomic E-state index is 13.5. The predicted molar refractivity (Wildman–Crippen MR) is 146 cm³/mol. The number of nitrogens with zero attached hydrogens (tertiary/aromatic N) is 3. The molecule has 2 aromatic heterocycles. The molecule has 8 heteroatoms. The molecule has 37 heavy (non-hydrogen) atoms. The molecule has 3 aliphatic heterocycles. The van der Waals surface area contributed by atoms with Crippen molar-refractivity contribution in [3.63, 3.8) is 0 Å². The molecule has 1 aliphatic carbocycles. The van der Waals surface area contributed by atoms with Crippen LogP contribution in [0.1, 0.15) is 68.2 Å². The van der Waals surface area contributed by atoms with Crippen LogP contribution in [0, 0.1) is 26.7 Å². The van der Waals surface area contributed by atoms with Gasteiger partial charge in [0.25, 0.3) is 11.5 Å². The first-order chi connectivity index (χ1) is 17.9. The largest absolute Gasteiger partial charge is 0.365 e. The van der Waals surface area contributed by atoms with Gasteiger partial charge in [-0.1, -0.05) is 0 Å². The first-order valence-corrected chi connectivity index (χ1v) is 14.8. The van der Waals surface area contributed by atoms with Gasteiger partial charge in [0.05, 0.1) is 25.4 Å². The highest BCUT2D eigenvalue weighted by Gasteiger charge is 2.38. The first-order valence-electron chi connectivity index (χ1n) is 14.0. The molecule has 5 heterocycles. The quantitative estimate of drug-likeness (QED) is 0.625. The number of pyridine rings is 1. The van der Waals surface area contributed by atoms with Crippen LogP contribution in [0.3, 0.4) is 0 Å². The Morgan fingerprint density at radius 1 is 1.03 bits per heavy atom. The number of hydrogen-bond acceptors (Lipinski definition) is 6. The number of aromatic nitrogens is 1. The van der Waals surface area contributed by atoms with E-state index >= 15 is 0 Å². The van der Waals surface area contributed by atoms with Gasteiger partial charge in [-0.3, -0.25) is 19.4 Å². The highest BCUT2D eigenvalue weighted by Crippen LogP contribution is 2.38. The van der Waals surface area contributed by atoms with E-state index in [1.165, 1.54) is 54.1 Å². The van der Waals surface area contributed by atoms with Gasteiger partial charge < -0.3 is 14.6 Å². The highest BCUT2D eigenvalue weighted by molar-refractivity contribution is 7.12. The summed E-state index contributed by atoms with van der Waals surface area (Å²) < 4.78 is 5.53. The third kappa shape index (κ3) is 4.93. The molecule has 0 radical (unpaired) electrons.